The maximum atomic E-state index is 12.9. The monoisotopic (exact) mass is 390 g/mol. The number of benzene rings is 1. The molecule has 0 unspecified atom stereocenters. The van der Waals surface area contributed by atoms with Crippen LogP contribution in [-0.4, -0.2) is 28.5 Å². The molecular weight excluding hydrogens is 368 g/mol. The zero-order valence-electron chi connectivity index (χ0n) is 16.8. The second-order valence-corrected chi connectivity index (χ2v) is 7.05. The molecule has 0 fully saturated rings. The second kappa shape index (κ2) is 7.05. The minimum atomic E-state index is -0.410. The summed E-state index contributed by atoms with van der Waals surface area (Å²) in [6.45, 7) is 4.24. The normalized spacial score (nSPS) is 11.7. The molecule has 0 aliphatic heterocycles. The summed E-state index contributed by atoms with van der Waals surface area (Å²) < 4.78 is 6.00. The van der Waals surface area contributed by atoms with Gasteiger partial charge in [-0.1, -0.05) is 42.5 Å². The zero-order chi connectivity index (χ0) is 20.7. The molecule has 29 heavy (non-hydrogen) atoms. The number of hydrogen-bond donors (Lipinski definition) is 0. The van der Waals surface area contributed by atoms with Crippen LogP contribution in [0.25, 0.3) is 23.2 Å². The predicted molar refractivity (Wildman–Crippen MR) is 112 cm³/mol. The summed E-state index contributed by atoms with van der Waals surface area (Å²) in [5.74, 6) is 0.501. The standard InChI is InChI=1S/C21H22N6O2/c1-14-13-15(2)27(23-14)20-22-18-17(19(28)25(4)21(29)24(18)3)26(20)12-8-11-16-9-6-5-7-10-16/h5-11,13H,12H2,1-4H3. The Labute approximate surface area is 167 Å². The largest absolute Gasteiger partial charge is 0.332 e. The Balaban J connectivity index is 1.95. The average Bonchev–Trinajstić information content (AvgIpc) is 3.25. The highest BCUT2D eigenvalue weighted by molar-refractivity contribution is 5.73. The second-order valence-electron chi connectivity index (χ2n) is 7.05. The molecule has 0 spiro atoms. The van der Waals surface area contributed by atoms with Gasteiger partial charge >= 0.3 is 5.69 Å². The van der Waals surface area contributed by atoms with Crippen molar-refractivity contribution in [2.75, 3.05) is 0 Å². The van der Waals surface area contributed by atoms with Gasteiger partial charge < -0.3 is 0 Å². The van der Waals surface area contributed by atoms with Crippen LogP contribution in [0.4, 0.5) is 0 Å². The van der Waals surface area contributed by atoms with Crippen molar-refractivity contribution in [2.24, 2.45) is 14.1 Å². The van der Waals surface area contributed by atoms with Crippen molar-refractivity contribution < 1.29 is 0 Å². The van der Waals surface area contributed by atoms with E-state index in [1.807, 2.05) is 62.4 Å². The smallest absolute Gasteiger partial charge is 0.299 e. The van der Waals surface area contributed by atoms with Gasteiger partial charge in [0.25, 0.3) is 5.56 Å². The number of imidazole rings is 1. The van der Waals surface area contributed by atoms with E-state index >= 15 is 0 Å². The number of aromatic nitrogens is 6. The average molecular weight is 390 g/mol. The fraction of sp³-hybridized carbons (Fsp3) is 0.238. The highest BCUT2D eigenvalue weighted by Crippen LogP contribution is 2.17. The number of nitrogens with zero attached hydrogens (tertiary/aromatic N) is 6. The van der Waals surface area contributed by atoms with Crippen molar-refractivity contribution in [3.8, 4) is 5.95 Å². The van der Waals surface area contributed by atoms with Crippen LogP contribution in [0.1, 0.15) is 17.0 Å². The molecule has 0 atom stereocenters. The van der Waals surface area contributed by atoms with E-state index in [1.165, 1.54) is 11.6 Å². The van der Waals surface area contributed by atoms with E-state index in [-0.39, 0.29) is 5.56 Å². The van der Waals surface area contributed by atoms with E-state index in [4.69, 9.17) is 0 Å². The van der Waals surface area contributed by atoms with E-state index in [0.717, 1.165) is 21.5 Å². The Hall–Kier alpha value is -3.68. The third kappa shape index (κ3) is 3.12. The minimum absolute atomic E-state index is 0.341. The molecule has 0 aliphatic rings. The number of aryl methyl sites for hydroxylation is 3. The SMILES string of the molecule is Cc1cc(C)n(-c2nc3c(c(=O)n(C)c(=O)n3C)n2CC=Cc2ccccc2)n1. The Morgan fingerprint density at radius 3 is 2.41 bits per heavy atom. The summed E-state index contributed by atoms with van der Waals surface area (Å²) in [5, 5.41) is 4.52. The van der Waals surface area contributed by atoms with E-state index in [9.17, 15) is 9.59 Å². The third-order valence-electron chi connectivity index (χ3n) is 4.92. The van der Waals surface area contributed by atoms with E-state index in [0.29, 0.717) is 23.7 Å². The molecule has 0 saturated heterocycles. The number of fused-ring (bicyclic) bond motifs is 1. The Morgan fingerprint density at radius 2 is 1.76 bits per heavy atom. The zero-order valence-corrected chi connectivity index (χ0v) is 16.8. The van der Waals surface area contributed by atoms with Gasteiger partial charge in [0.2, 0.25) is 5.95 Å². The molecule has 0 radical (unpaired) electrons. The molecule has 0 amide bonds. The first-order valence-corrected chi connectivity index (χ1v) is 9.30. The summed E-state index contributed by atoms with van der Waals surface area (Å²) in [6.07, 6.45) is 3.96. The minimum Gasteiger partial charge on any atom is -0.299 e. The molecule has 4 aromatic rings. The number of rotatable bonds is 4. The fourth-order valence-electron chi connectivity index (χ4n) is 3.46. The van der Waals surface area contributed by atoms with Crippen molar-refractivity contribution in [1.29, 1.82) is 0 Å². The van der Waals surface area contributed by atoms with Crippen LogP contribution in [0, 0.1) is 13.8 Å². The summed E-state index contributed by atoms with van der Waals surface area (Å²) >= 11 is 0. The lowest BCUT2D eigenvalue weighted by molar-refractivity contribution is 0.696. The number of allylic oxidation sites excluding steroid dienone is 1. The van der Waals surface area contributed by atoms with Crippen LogP contribution >= 0.6 is 0 Å². The molecule has 8 heteroatoms. The molecule has 3 aromatic heterocycles. The predicted octanol–water partition coefficient (Wildman–Crippen LogP) is 1.95. The van der Waals surface area contributed by atoms with Crippen LogP contribution in [0.2, 0.25) is 0 Å². The van der Waals surface area contributed by atoms with Gasteiger partial charge in [-0.3, -0.25) is 18.5 Å². The highest BCUT2D eigenvalue weighted by Gasteiger charge is 2.21. The molecule has 0 aliphatic carbocycles. The third-order valence-corrected chi connectivity index (χ3v) is 4.92. The lowest BCUT2D eigenvalue weighted by Crippen LogP contribution is -2.37. The first kappa shape index (κ1) is 18.7. The van der Waals surface area contributed by atoms with Gasteiger partial charge in [0, 0.05) is 26.3 Å². The van der Waals surface area contributed by atoms with Crippen LogP contribution in [0.15, 0.2) is 52.1 Å². The van der Waals surface area contributed by atoms with Gasteiger partial charge in [0.05, 0.1) is 5.69 Å². The maximum absolute atomic E-state index is 12.9. The Morgan fingerprint density at radius 1 is 1.03 bits per heavy atom. The quantitative estimate of drug-likeness (QED) is 0.533. The summed E-state index contributed by atoms with van der Waals surface area (Å²) in [5.41, 5.74) is 2.73. The van der Waals surface area contributed by atoms with Gasteiger partial charge in [0.1, 0.15) is 0 Å². The first-order chi connectivity index (χ1) is 13.9. The topological polar surface area (TPSA) is 79.6 Å². The lowest BCUT2D eigenvalue weighted by atomic mass is 10.2. The van der Waals surface area contributed by atoms with Crippen molar-refractivity contribution in [2.45, 2.75) is 20.4 Å². The summed E-state index contributed by atoms with van der Waals surface area (Å²) in [4.78, 5) is 29.9. The van der Waals surface area contributed by atoms with Gasteiger partial charge in [-0.15, -0.1) is 0 Å². The van der Waals surface area contributed by atoms with Crippen LogP contribution in [0.5, 0.6) is 0 Å². The van der Waals surface area contributed by atoms with Crippen molar-refractivity contribution in [3.63, 3.8) is 0 Å². The molecule has 0 N–H and O–H groups in total. The number of hydrogen-bond acceptors (Lipinski definition) is 4. The molecule has 8 nitrogen and oxygen atoms in total. The van der Waals surface area contributed by atoms with Gasteiger partial charge in [0.15, 0.2) is 11.2 Å². The molecular formula is C21H22N6O2. The van der Waals surface area contributed by atoms with Gasteiger partial charge in [-0.2, -0.15) is 10.1 Å². The maximum Gasteiger partial charge on any atom is 0.332 e. The van der Waals surface area contributed by atoms with E-state index in [2.05, 4.69) is 10.1 Å². The van der Waals surface area contributed by atoms with E-state index in [1.54, 1.807) is 16.3 Å². The molecule has 0 saturated carbocycles. The Kier molecular flexibility index (Phi) is 4.54. The lowest BCUT2D eigenvalue weighted by Gasteiger charge is -2.08. The summed E-state index contributed by atoms with van der Waals surface area (Å²) in [7, 11) is 3.09. The van der Waals surface area contributed by atoms with Crippen molar-refractivity contribution in [1.82, 2.24) is 28.5 Å². The van der Waals surface area contributed by atoms with Gasteiger partial charge in [-0.25, -0.2) is 9.48 Å². The fourth-order valence-corrected chi connectivity index (χ4v) is 3.46. The van der Waals surface area contributed by atoms with Gasteiger partial charge in [-0.05, 0) is 25.5 Å². The first-order valence-electron chi connectivity index (χ1n) is 9.30. The highest BCUT2D eigenvalue weighted by atomic mass is 16.2. The Bertz CT molecular complexity index is 1350. The summed E-state index contributed by atoms with van der Waals surface area (Å²) in [6, 6.07) is 11.9. The molecule has 4 rings (SSSR count). The van der Waals surface area contributed by atoms with Crippen LogP contribution in [0.3, 0.4) is 0 Å². The molecule has 3 heterocycles. The van der Waals surface area contributed by atoms with Crippen LogP contribution < -0.4 is 11.2 Å². The molecule has 0 bridgehead atoms. The molecule has 148 valence electrons. The molecule has 1 aromatic carbocycles. The van der Waals surface area contributed by atoms with Crippen LogP contribution in [-0.2, 0) is 20.6 Å². The van der Waals surface area contributed by atoms with E-state index < -0.39 is 5.69 Å². The van der Waals surface area contributed by atoms with Crippen molar-refractivity contribution in [3.05, 3.63) is 80.3 Å². The van der Waals surface area contributed by atoms with Crippen molar-refractivity contribution >= 4 is 17.2 Å².